The second-order valence-corrected chi connectivity index (χ2v) is 6.73. The van der Waals surface area contributed by atoms with Gasteiger partial charge in [-0.2, -0.15) is 17.0 Å². The summed E-state index contributed by atoms with van der Waals surface area (Å²) in [5, 5.41) is 9.91. The summed E-state index contributed by atoms with van der Waals surface area (Å²) < 4.78 is 0. The Kier molecular flexibility index (Phi) is 3.98. The number of thioether (sulfide) groups is 1. The molecule has 0 aromatic carbocycles. The van der Waals surface area contributed by atoms with Gasteiger partial charge in [-0.1, -0.05) is 26.2 Å². The first kappa shape index (κ1) is 12.8. The minimum atomic E-state index is -0.694. The van der Waals surface area contributed by atoms with Gasteiger partial charge in [0.2, 0.25) is 5.91 Å². The second kappa shape index (κ2) is 5.30. The fourth-order valence-electron chi connectivity index (χ4n) is 2.83. The summed E-state index contributed by atoms with van der Waals surface area (Å²) in [7, 11) is 0. The lowest BCUT2D eigenvalue weighted by atomic mass is 9.74. The van der Waals surface area contributed by atoms with Crippen LogP contribution in [-0.4, -0.2) is 34.9 Å². The quantitative estimate of drug-likeness (QED) is 0.720. The molecule has 3 nitrogen and oxygen atoms in total. The lowest BCUT2D eigenvalue weighted by Crippen LogP contribution is -2.49. The summed E-state index contributed by atoms with van der Waals surface area (Å²) in [5.41, 5.74) is -0.694. The van der Waals surface area contributed by atoms with Crippen molar-refractivity contribution in [2.45, 2.75) is 44.3 Å². The van der Waals surface area contributed by atoms with E-state index in [1.165, 1.54) is 6.42 Å². The number of rotatable bonds is 1. The van der Waals surface area contributed by atoms with E-state index >= 15 is 0 Å². The Bertz CT molecular complexity index is 331. The zero-order chi connectivity index (χ0) is 12.3. The van der Waals surface area contributed by atoms with Gasteiger partial charge in [0.25, 0.3) is 0 Å². The highest BCUT2D eigenvalue weighted by molar-refractivity contribution is 7.99. The molecular weight excluding hydrogens is 232 g/mol. The average molecular weight is 252 g/mol. The largest absolute Gasteiger partial charge is 0.339 e. The zero-order valence-electron chi connectivity index (χ0n) is 10.4. The van der Waals surface area contributed by atoms with E-state index in [4.69, 9.17) is 0 Å². The van der Waals surface area contributed by atoms with Gasteiger partial charge >= 0.3 is 0 Å². The number of nitriles is 1. The summed E-state index contributed by atoms with van der Waals surface area (Å²) in [6.45, 7) is 3.79. The van der Waals surface area contributed by atoms with Crippen LogP contribution >= 0.6 is 11.8 Å². The molecule has 94 valence electrons. The van der Waals surface area contributed by atoms with E-state index in [9.17, 15) is 10.1 Å². The molecule has 0 bridgehead atoms. The van der Waals surface area contributed by atoms with Gasteiger partial charge in [0.05, 0.1) is 6.07 Å². The summed E-state index contributed by atoms with van der Waals surface area (Å²) in [6, 6.07) is 2.33. The average Bonchev–Trinajstić information content (AvgIpc) is 2.38. The zero-order valence-corrected chi connectivity index (χ0v) is 11.3. The first-order valence-electron chi connectivity index (χ1n) is 6.50. The van der Waals surface area contributed by atoms with Crippen LogP contribution in [0.1, 0.15) is 39.0 Å². The van der Waals surface area contributed by atoms with Gasteiger partial charge in [-0.15, -0.1) is 0 Å². The third kappa shape index (κ3) is 2.60. The minimum absolute atomic E-state index is 0.104. The van der Waals surface area contributed by atoms with Crippen LogP contribution in [0.3, 0.4) is 0 Å². The summed E-state index contributed by atoms with van der Waals surface area (Å²) in [4.78, 5) is 14.5. The Hall–Kier alpha value is -0.690. The van der Waals surface area contributed by atoms with Gasteiger partial charge < -0.3 is 4.90 Å². The molecule has 0 aromatic heterocycles. The molecular formula is C13H20N2OS. The van der Waals surface area contributed by atoms with Crippen molar-refractivity contribution in [2.24, 2.45) is 5.41 Å². The number of hydrogen-bond acceptors (Lipinski definition) is 3. The highest BCUT2D eigenvalue weighted by atomic mass is 32.2. The molecule has 1 saturated heterocycles. The third-order valence-corrected chi connectivity index (χ3v) is 5.00. The van der Waals surface area contributed by atoms with Crippen LogP contribution in [0.15, 0.2) is 0 Å². The highest BCUT2D eigenvalue weighted by Crippen LogP contribution is 2.38. The van der Waals surface area contributed by atoms with E-state index in [1.54, 1.807) is 0 Å². The summed E-state index contributed by atoms with van der Waals surface area (Å²) in [5.74, 6) is 1.11. The number of nitrogens with zero attached hydrogens (tertiary/aromatic N) is 2. The molecule has 2 fully saturated rings. The van der Waals surface area contributed by atoms with Crippen LogP contribution in [0.25, 0.3) is 0 Å². The molecule has 4 heteroatoms. The Balaban J connectivity index is 2.09. The Morgan fingerprint density at radius 3 is 2.71 bits per heavy atom. The van der Waals surface area contributed by atoms with Gasteiger partial charge in [0.15, 0.2) is 0 Å². The molecule has 1 aliphatic carbocycles. The van der Waals surface area contributed by atoms with Crippen LogP contribution < -0.4 is 0 Å². The van der Waals surface area contributed by atoms with Crippen molar-refractivity contribution in [1.82, 2.24) is 4.90 Å². The first-order valence-corrected chi connectivity index (χ1v) is 7.55. The Labute approximate surface area is 108 Å². The van der Waals surface area contributed by atoms with Crippen molar-refractivity contribution in [1.29, 1.82) is 5.26 Å². The fraction of sp³-hybridized carbons (Fsp3) is 0.846. The highest BCUT2D eigenvalue weighted by Gasteiger charge is 2.43. The molecule has 1 aliphatic heterocycles. The molecule has 1 atom stereocenters. The predicted octanol–water partition coefficient (Wildman–Crippen LogP) is 2.42. The van der Waals surface area contributed by atoms with Crippen molar-refractivity contribution in [3.8, 4) is 6.07 Å². The normalized spacial score (nSPS) is 28.5. The number of carbonyl (C=O) groups excluding carboxylic acids is 1. The van der Waals surface area contributed by atoms with Crippen LogP contribution in [0.5, 0.6) is 0 Å². The van der Waals surface area contributed by atoms with E-state index in [0.717, 1.165) is 44.5 Å². The van der Waals surface area contributed by atoms with Crippen molar-refractivity contribution in [3.05, 3.63) is 0 Å². The first-order chi connectivity index (χ1) is 8.18. The minimum Gasteiger partial charge on any atom is -0.339 e. The Morgan fingerprint density at radius 2 is 2.12 bits per heavy atom. The molecule has 1 heterocycles. The van der Waals surface area contributed by atoms with Gasteiger partial charge in [0, 0.05) is 24.1 Å². The molecule has 2 aliphatic rings. The lowest BCUT2D eigenvalue weighted by molar-refractivity contribution is -0.140. The van der Waals surface area contributed by atoms with Crippen LogP contribution in [0.4, 0.5) is 0 Å². The maximum atomic E-state index is 12.5. The van der Waals surface area contributed by atoms with Gasteiger partial charge in [-0.05, 0) is 12.8 Å². The molecule has 0 radical (unpaired) electrons. The van der Waals surface area contributed by atoms with Gasteiger partial charge in [-0.3, -0.25) is 4.79 Å². The molecule has 0 spiro atoms. The SMILES string of the molecule is CC1CN(C(=O)C2(C#N)CCCCC2)CCS1. The van der Waals surface area contributed by atoms with E-state index in [-0.39, 0.29) is 5.91 Å². The predicted molar refractivity (Wildman–Crippen MR) is 69.6 cm³/mol. The molecule has 0 N–H and O–H groups in total. The van der Waals surface area contributed by atoms with E-state index in [2.05, 4.69) is 13.0 Å². The smallest absolute Gasteiger partial charge is 0.243 e. The number of amides is 1. The van der Waals surface area contributed by atoms with Crippen molar-refractivity contribution < 1.29 is 4.79 Å². The van der Waals surface area contributed by atoms with Crippen LogP contribution in [-0.2, 0) is 4.79 Å². The lowest BCUT2D eigenvalue weighted by Gasteiger charge is -2.38. The molecule has 1 saturated carbocycles. The fourth-order valence-corrected chi connectivity index (χ4v) is 3.85. The van der Waals surface area contributed by atoms with Crippen molar-refractivity contribution in [3.63, 3.8) is 0 Å². The standard InChI is InChI=1S/C13H20N2OS/c1-11-9-15(7-8-17-11)12(16)13(10-14)5-3-2-4-6-13/h11H,2-9H2,1H3. The molecule has 2 rings (SSSR count). The van der Waals surface area contributed by atoms with Crippen molar-refractivity contribution in [2.75, 3.05) is 18.8 Å². The maximum absolute atomic E-state index is 12.5. The Morgan fingerprint density at radius 1 is 1.41 bits per heavy atom. The number of hydrogen-bond donors (Lipinski definition) is 0. The third-order valence-electron chi connectivity index (χ3n) is 3.86. The van der Waals surface area contributed by atoms with Gasteiger partial charge in [0.1, 0.15) is 5.41 Å². The molecule has 1 amide bonds. The molecule has 17 heavy (non-hydrogen) atoms. The maximum Gasteiger partial charge on any atom is 0.243 e. The summed E-state index contributed by atoms with van der Waals surface area (Å²) >= 11 is 1.92. The topological polar surface area (TPSA) is 44.1 Å². The van der Waals surface area contributed by atoms with Gasteiger partial charge in [-0.25, -0.2) is 0 Å². The van der Waals surface area contributed by atoms with E-state index in [1.807, 2.05) is 16.7 Å². The summed E-state index contributed by atoms with van der Waals surface area (Å²) in [6.07, 6.45) is 4.75. The monoisotopic (exact) mass is 252 g/mol. The van der Waals surface area contributed by atoms with Crippen molar-refractivity contribution >= 4 is 17.7 Å². The number of carbonyl (C=O) groups is 1. The van der Waals surface area contributed by atoms with Crippen LogP contribution in [0, 0.1) is 16.7 Å². The van der Waals surface area contributed by atoms with E-state index in [0.29, 0.717) is 5.25 Å². The molecule has 0 aromatic rings. The molecule has 1 unspecified atom stereocenters. The van der Waals surface area contributed by atoms with E-state index < -0.39 is 5.41 Å². The van der Waals surface area contributed by atoms with Crippen LogP contribution in [0.2, 0.25) is 0 Å². The second-order valence-electron chi connectivity index (χ2n) is 5.19.